The van der Waals surface area contributed by atoms with Crippen molar-refractivity contribution in [2.24, 2.45) is 5.73 Å². The Morgan fingerprint density at radius 1 is 1.40 bits per heavy atom. The lowest BCUT2D eigenvalue weighted by Crippen LogP contribution is -2.11. The molecule has 0 spiro atoms. The van der Waals surface area contributed by atoms with Crippen LogP contribution in [0.4, 0.5) is 0 Å². The minimum Gasteiger partial charge on any atom is -0.507 e. The maximum Gasteiger partial charge on any atom is 0.524 e. The topological polar surface area (TPSA) is 130 Å². The first-order chi connectivity index (χ1) is 6.79. The van der Waals surface area contributed by atoms with Crippen molar-refractivity contribution in [3.63, 3.8) is 0 Å². The molecule has 0 heterocycles. The van der Waals surface area contributed by atoms with Crippen LogP contribution in [0, 0.1) is 0 Å². The number of phenols is 1. The van der Waals surface area contributed by atoms with Crippen LogP contribution in [0.5, 0.6) is 11.5 Å². The Balaban J connectivity index is 3.08. The molecule has 0 aliphatic heterocycles. The summed E-state index contributed by atoms with van der Waals surface area (Å²) in [5, 5.41) is 9.15. The first-order valence-electron chi connectivity index (χ1n) is 3.67. The van der Waals surface area contributed by atoms with E-state index in [-0.39, 0.29) is 17.1 Å². The van der Waals surface area contributed by atoms with Crippen LogP contribution in [-0.4, -0.2) is 20.8 Å². The molecule has 82 valence electrons. The average Bonchev–Trinajstić information content (AvgIpc) is 2.05. The Hall–Kier alpha value is -1.56. The summed E-state index contributed by atoms with van der Waals surface area (Å²) in [6, 6.07) is 3.09. The van der Waals surface area contributed by atoms with Crippen molar-refractivity contribution in [1.29, 1.82) is 0 Å². The summed E-state index contributed by atoms with van der Waals surface area (Å²) in [7, 11) is -4.69. The molecule has 0 fully saturated rings. The van der Waals surface area contributed by atoms with Gasteiger partial charge in [-0.1, -0.05) is 0 Å². The van der Waals surface area contributed by atoms with Crippen molar-refractivity contribution >= 4 is 13.7 Å². The SMILES string of the molecule is NC(=O)c1cc(OP(=O)(O)O)ccc1O. The zero-order valence-corrected chi connectivity index (χ0v) is 8.22. The van der Waals surface area contributed by atoms with Gasteiger partial charge in [-0.3, -0.25) is 14.6 Å². The van der Waals surface area contributed by atoms with E-state index in [9.17, 15) is 9.36 Å². The predicted molar refractivity (Wildman–Crippen MR) is 49.3 cm³/mol. The van der Waals surface area contributed by atoms with Crippen LogP contribution in [0.1, 0.15) is 10.4 Å². The number of phosphoric acid groups is 1. The van der Waals surface area contributed by atoms with Gasteiger partial charge in [0, 0.05) is 0 Å². The summed E-state index contributed by atoms with van der Waals surface area (Å²) in [4.78, 5) is 27.7. The average molecular weight is 233 g/mol. The minimum absolute atomic E-state index is 0.255. The molecule has 0 radical (unpaired) electrons. The van der Waals surface area contributed by atoms with E-state index in [1.54, 1.807) is 0 Å². The van der Waals surface area contributed by atoms with Gasteiger partial charge in [0.1, 0.15) is 11.5 Å². The number of aromatic hydroxyl groups is 1. The maximum atomic E-state index is 10.8. The molecule has 0 aliphatic carbocycles. The molecule has 0 aromatic heterocycles. The maximum absolute atomic E-state index is 10.8. The summed E-state index contributed by atoms with van der Waals surface area (Å²) in [6.07, 6.45) is 0. The van der Waals surface area contributed by atoms with Crippen molar-refractivity contribution in [2.45, 2.75) is 0 Å². The van der Waals surface area contributed by atoms with Gasteiger partial charge in [-0.05, 0) is 18.2 Å². The highest BCUT2D eigenvalue weighted by Crippen LogP contribution is 2.38. The number of rotatable bonds is 3. The molecule has 1 amide bonds. The number of hydrogen-bond acceptors (Lipinski definition) is 4. The summed E-state index contributed by atoms with van der Waals surface area (Å²) >= 11 is 0. The van der Waals surface area contributed by atoms with Gasteiger partial charge in [-0.15, -0.1) is 0 Å². The highest BCUT2D eigenvalue weighted by Gasteiger charge is 2.17. The lowest BCUT2D eigenvalue weighted by atomic mass is 10.2. The van der Waals surface area contributed by atoms with Gasteiger partial charge in [0.25, 0.3) is 5.91 Å². The molecular weight excluding hydrogens is 225 g/mol. The second-order valence-corrected chi connectivity index (χ2v) is 3.79. The first-order valence-corrected chi connectivity index (χ1v) is 5.20. The molecule has 0 atom stereocenters. The Morgan fingerprint density at radius 2 is 2.00 bits per heavy atom. The number of phosphoric ester groups is 1. The second kappa shape index (κ2) is 3.90. The third kappa shape index (κ3) is 3.25. The van der Waals surface area contributed by atoms with Crippen LogP contribution in [0.3, 0.4) is 0 Å². The lowest BCUT2D eigenvalue weighted by Gasteiger charge is -2.08. The molecule has 0 unspecified atom stereocenters. The van der Waals surface area contributed by atoms with E-state index < -0.39 is 13.7 Å². The third-order valence-corrected chi connectivity index (χ3v) is 1.91. The molecule has 0 saturated heterocycles. The fourth-order valence-corrected chi connectivity index (χ4v) is 1.29. The van der Waals surface area contributed by atoms with E-state index in [1.807, 2.05) is 0 Å². The quantitative estimate of drug-likeness (QED) is 0.542. The van der Waals surface area contributed by atoms with Gasteiger partial charge in [0.2, 0.25) is 0 Å². The van der Waals surface area contributed by atoms with Gasteiger partial charge in [-0.2, -0.15) is 0 Å². The standard InChI is InChI=1S/C7H8NO6P/c8-7(10)5-3-4(1-2-6(5)9)14-15(11,12)13/h1-3,9H,(H2,8,10)(H2,11,12,13). The number of carbonyl (C=O) groups is 1. The number of benzene rings is 1. The summed E-state index contributed by atoms with van der Waals surface area (Å²) in [6.45, 7) is 0. The molecular formula is C7H8NO6P. The van der Waals surface area contributed by atoms with Crippen molar-refractivity contribution in [3.8, 4) is 11.5 Å². The number of carbonyl (C=O) groups excluding carboxylic acids is 1. The number of amides is 1. The van der Waals surface area contributed by atoms with Gasteiger partial charge in [0.15, 0.2) is 0 Å². The number of nitrogens with two attached hydrogens (primary N) is 1. The van der Waals surface area contributed by atoms with Crippen molar-refractivity contribution in [3.05, 3.63) is 23.8 Å². The Morgan fingerprint density at radius 3 is 2.47 bits per heavy atom. The molecule has 0 saturated carbocycles. The zero-order chi connectivity index (χ0) is 11.6. The van der Waals surface area contributed by atoms with E-state index in [1.165, 1.54) is 0 Å². The highest BCUT2D eigenvalue weighted by molar-refractivity contribution is 7.46. The first kappa shape index (κ1) is 11.5. The molecule has 1 rings (SSSR count). The normalized spacial score (nSPS) is 11.1. The molecule has 15 heavy (non-hydrogen) atoms. The molecule has 0 bridgehead atoms. The minimum atomic E-state index is -4.69. The van der Waals surface area contributed by atoms with E-state index in [0.717, 1.165) is 18.2 Å². The predicted octanol–water partition coefficient (Wildman–Crippen LogP) is -0.0374. The molecule has 5 N–H and O–H groups in total. The fraction of sp³-hybridized carbons (Fsp3) is 0. The highest BCUT2D eigenvalue weighted by atomic mass is 31.2. The lowest BCUT2D eigenvalue weighted by molar-refractivity contribution is 0.0997. The summed E-state index contributed by atoms with van der Waals surface area (Å²) < 4.78 is 14.7. The van der Waals surface area contributed by atoms with Crippen LogP contribution >= 0.6 is 7.82 Å². The van der Waals surface area contributed by atoms with Crippen LogP contribution in [0.25, 0.3) is 0 Å². The summed E-state index contributed by atoms with van der Waals surface area (Å²) in [5.41, 5.74) is 4.62. The monoisotopic (exact) mass is 233 g/mol. The molecule has 1 aromatic carbocycles. The molecule has 7 nitrogen and oxygen atoms in total. The Kier molecular flexibility index (Phi) is 2.99. The van der Waals surface area contributed by atoms with Crippen molar-refractivity contribution in [1.82, 2.24) is 0 Å². The van der Waals surface area contributed by atoms with Gasteiger partial charge >= 0.3 is 7.82 Å². The van der Waals surface area contributed by atoms with E-state index in [0.29, 0.717) is 0 Å². The Bertz CT molecular complexity index is 439. The van der Waals surface area contributed by atoms with Gasteiger partial charge in [-0.25, -0.2) is 4.57 Å². The second-order valence-electron chi connectivity index (χ2n) is 2.63. The largest absolute Gasteiger partial charge is 0.524 e. The smallest absolute Gasteiger partial charge is 0.507 e. The van der Waals surface area contributed by atoms with E-state index >= 15 is 0 Å². The number of hydrogen-bond donors (Lipinski definition) is 4. The van der Waals surface area contributed by atoms with Crippen LogP contribution < -0.4 is 10.3 Å². The summed E-state index contributed by atoms with van der Waals surface area (Å²) in [5.74, 6) is -1.57. The zero-order valence-electron chi connectivity index (χ0n) is 7.32. The third-order valence-electron chi connectivity index (χ3n) is 1.46. The van der Waals surface area contributed by atoms with Crippen molar-refractivity contribution < 1.29 is 28.8 Å². The Labute approximate surface area is 84.3 Å². The van der Waals surface area contributed by atoms with Crippen LogP contribution in [-0.2, 0) is 4.57 Å². The van der Waals surface area contributed by atoms with Crippen LogP contribution in [0.15, 0.2) is 18.2 Å². The van der Waals surface area contributed by atoms with Crippen molar-refractivity contribution in [2.75, 3.05) is 0 Å². The van der Waals surface area contributed by atoms with E-state index in [4.69, 9.17) is 20.6 Å². The van der Waals surface area contributed by atoms with Gasteiger partial charge in [0.05, 0.1) is 5.56 Å². The van der Waals surface area contributed by atoms with Gasteiger partial charge < -0.3 is 15.4 Å². The van der Waals surface area contributed by atoms with Crippen LogP contribution in [0.2, 0.25) is 0 Å². The molecule has 8 heteroatoms. The fourth-order valence-electron chi connectivity index (χ4n) is 0.907. The number of primary amides is 1. The molecule has 1 aromatic rings. The molecule has 0 aliphatic rings. The van der Waals surface area contributed by atoms with E-state index in [2.05, 4.69) is 4.52 Å².